The molecule has 1 atom stereocenters. The summed E-state index contributed by atoms with van der Waals surface area (Å²) in [6.07, 6.45) is 2.14. The molecule has 3 N–H and O–H groups in total. The van der Waals surface area contributed by atoms with Crippen molar-refractivity contribution in [1.82, 2.24) is 10.3 Å². The minimum atomic E-state index is -0.905. The molecule has 6 nitrogen and oxygen atoms in total. The number of nitrogens with one attached hydrogen (secondary N) is 2. The lowest BCUT2D eigenvalue weighted by atomic mass is 10.1. The number of hydrogen-bond donors (Lipinski definition) is 3. The highest BCUT2D eigenvalue weighted by Crippen LogP contribution is 2.16. The number of carbonyl (C=O) groups is 2. The smallest absolute Gasteiger partial charge is 0.321 e. The minimum Gasteiger partial charge on any atom is -0.481 e. The minimum absolute atomic E-state index is 0.113. The number of aryl methyl sites for hydroxylation is 1. The maximum atomic E-state index is 11.4. The Hall–Kier alpha value is -1.63. The number of rotatable bonds is 5. The van der Waals surface area contributed by atoms with Gasteiger partial charge in [0.1, 0.15) is 0 Å². The topological polar surface area (TPSA) is 91.3 Å². The lowest BCUT2D eigenvalue weighted by Crippen LogP contribution is -2.35. The Morgan fingerprint density at radius 2 is 2.29 bits per heavy atom. The van der Waals surface area contributed by atoms with Crippen LogP contribution in [-0.2, 0) is 4.79 Å². The number of urea groups is 1. The van der Waals surface area contributed by atoms with E-state index in [0.29, 0.717) is 11.6 Å². The van der Waals surface area contributed by atoms with Gasteiger partial charge >= 0.3 is 12.0 Å². The fraction of sp³-hybridized carbons (Fsp3) is 0.500. The number of anilines is 1. The highest BCUT2D eigenvalue weighted by molar-refractivity contribution is 7.15. The molecule has 0 bridgehead atoms. The molecule has 94 valence electrons. The van der Waals surface area contributed by atoms with Crippen LogP contribution in [0.25, 0.3) is 0 Å². The van der Waals surface area contributed by atoms with Crippen molar-refractivity contribution in [3.05, 3.63) is 11.1 Å². The zero-order valence-electron chi connectivity index (χ0n) is 9.69. The summed E-state index contributed by atoms with van der Waals surface area (Å²) in [5.41, 5.74) is 0. The first kappa shape index (κ1) is 13.4. The van der Waals surface area contributed by atoms with Crippen LogP contribution in [-0.4, -0.2) is 28.6 Å². The van der Waals surface area contributed by atoms with E-state index in [-0.39, 0.29) is 6.54 Å². The van der Waals surface area contributed by atoms with E-state index in [4.69, 9.17) is 5.11 Å². The van der Waals surface area contributed by atoms with Gasteiger partial charge in [0.05, 0.1) is 5.92 Å². The molecule has 0 aliphatic carbocycles. The highest BCUT2D eigenvalue weighted by Gasteiger charge is 2.16. The van der Waals surface area contributed by atoms with Crippen molar-refractivity contribution in [1.29, 1.82) is 0 Å². The molecule has 2 amide bonds. The number of hydrogen-bond acceptors (Lipinski definition) is 4. The maximum Gasteiger partial charge on any atom is 0.321 e. The summed E-state index contributed by atoms with van der Waals surface area (Å²) in [4.78, 5) is 27.1. The van der Waals surface area contributed by atoms with E-state index in [2.05, 4.69) is 15.6 Å². The lowest BCUT2D eigenvalue weighted by Gasteiger charge is -2.10. The molecule has 0 fully saturated rings. The van der Waals surface area contributed by atoms with E-state index < -0.39 is 17.9 Å². The number of nitrogens with zero attached hydrogens (tertiary/aromatic N) is 1. The molecule has 1 heterocycles. The van der Waals surface area contributed by atoms with E-state index in [9.17, 15) is 9.59 Å². The average molecular weight is 257 g/mol. The third kappa shape index (κ3) is 4.39. The van der Waals surface area contributed by atoms with Crippen LogP contribution in [0.1, 0.15) is 18.2 Å². The van der Waals surface area contributed by atoms with E-state index in [1.807, 2.05) is 6.92 Å². The van der Waals surface area contributed by atoms with Crippen LogP contribution in [0.5, 0.6) is 0 Å². The molecule has 0 aliphatic heterocycles. The lowest BCUT2D eigenvalue weighted by molar-refractivity contribution is -0.141. The molecule has 0 saturated heterocycles. The molecule has 17 heavy (non-hydrogen) atoms. The Balaban J connectivity index is 2.37. The van der Waals surface area contributed by atoms with Gasteiger partial charge in [0.2, 0.25) is 0 Å². The first-order valence-electron chi connectivity index (χ1n) is 5.23. The van der Waals surface area contributed by atoms with Crippen LogP contribution in [0, 0.1) is 12.8 Å². The second-order valence-corrected chi connectivity index (χ2v) is 4.79. The van der Waals surface area contributed by atoms with Gasteiger partial charge in [-0.25, -0.2) is 9.78 Å². The van der Waals surface area contributed by atoms with Gasteiger partial charge in [-0.3, -0.25) is 10.1 Å². The second kappa shape index (κ2) is 6.19. The van der Waals surface area contributed by atoms with Gasteiger partial charge in [-0.2, -0.15) is 0 Å². The fourth-order valence-corrected chi connectivity index (χ4v) is 1.84. The van der Waals surface area contributed by atoms with Gasteiger partial charge in [-0.05, 0) is 13.3 Å². The molecular formula is C10H15N3O3S. The molecule has 7 heteroatoms. The van der Waals surface area contributed by atoms with Crippen LogP contribution in [0.15, 0.2) is 6.20 Å². The summed E-state index contributed by atoms with van der Waals surface area (Å²) in [5.74, 6) is -1.46. The van der Waals surface area contributed by atoms with Crippen molar-refractivity contribution in [2.45, 2.75) is 20.3 Å². The third-order valence-electron chi connectivity index (χ3n) is 2.19. The van der Waals surface area contributed by atoms with Crippen LogP contribution in [0.2, 0.25) is 0 Å². The van der Waals surface area contributed by atoms with Crippen LogP contribution < -0.4 is 10.6 Å². The largest absolute Gasteiger partial charge is 0.481 e. The molecule has 0 radical (unpaired) electrons. The van der Waals surface area contributed by atoms with Gasteiger partial charge in [0.25, 0.3) is 0 Å². The first-order chi connectivity index (χ1) is 8.02. The summed E-state index contributed by atoms with van der Waals surface area (Å²) in [5, 5.41) is 14.4. The zero-order valence-corrected chi connectivity index (χ0v) is 10.5. The molecule has 1 aromatic rings. The van der Waals surface area contributed by atoms with Crippen LogP contribution in [0.3, 0.4) is 0 Å². The highest BCUT2D eigenvalue weighted by atomic mass is 32.1. The number of carboxylic acids is 1. The molecule has 0 aromatic carbocycles. The second-order valence-electron chi connectivity index (χ2n) is 3.55. The predicted octanol–water partition coefficient (Wildman–Crippen LogP) is 1.68. The fourth-order valence-electron chi connectivity index (χ4n) is 1.18. The van der Waals surface area contributed by atoms with Gasteiger partial charge in [0.15, 0.2) is 5.13 Å². The summed E-state index contributed by atoms with van der Waals surface area (Å²) in [6, 6.07) is -0.431. The number of aromatic nitrogens is 1. The summed E-state index contributed by atoms with van der Waals surface area (Å²) >= 11 is 1.36. The monoisotopic (exact) mass is 257 g/mol. The molecule has 0 aliphatic rings. The molecule has 1 rings (SSSR count). The number of amides is 2. The van der Waals surface area contributed by atoms with Crippen molar-refractivity contribution < 1.29 is 14.7 Å². The van der Waals surface area contributed by atoms with Crippen molar-refractivity contribution in [2.24, 2.45) is 5.92 Å². The standard InChI is InChI=1S/C10H15N3O3S/c1-3-7(8(14)15)5-11-9(16)13-10-12-4-6(2)17-10/h4,7H,3,5H2,1-2H3,(H,14,15)(H2,11,12,13,16). The van der Waals surface area contributed by atoms with Gasteiger partial charge < -0.3 is 10.4 Å². The van der Waals surface area contributed by atoms with Gasteiger partial charge in [-0.15, -0.1) is 11.3 Å². The Kier molecular flexibility index (Phi) is 4.89. The van der Waals surface area contributed by atoms with Crippen molar-refractivity contribution in [3.63, 3.8) is 0 Å². The Labute approximate surface area is 103 Å². The summed E-state index contributed by atoms with van der Waals surface area (Å²) < 4.78 is 0. The Morgan fingerprint density at radius 1 is 1.59 bits per heavy atom. The molecule has 1 aromatic heterocycles. The van der Waals surface area contributed by atoms with E-state index in [1.54, 1.807) is 13.1 Å². The number of thiazole rings is 1. The maximum absolute atomic E-state index is 11.4. The number of carbonyl (C=O) groups excluding carboxylic acids is 1. The number of aliphatic carboxylic acids is 1. The summed E-state index contributed by atoms with van der Waals surface area (Å²) in [7, 11) is 0. The molecule has 1 unspecified atom stereocenters. The van der Waals surface area contributed by atoms with Crippen LogP contribution >= 0.6 is 11.3 Å². The number of carboxylic acid groups (broad SMARTS) is 1. The normalized spacial score (nSPS) is 11.9. The van der Waals surface area contributed by atoms with Gasteiger partial charge in [0, 0.05) is 17.6 Å². The molecule has 0 spiro atoms. The van der Waals surface area contributed by atoms with Gasteiger partial charge in [-0.1, -0.05) is 6.92 Å². The quantitative estimate of drug-likeness (QED) is 0.748. The third-order valence-corrected chi connectivity index (χ3v) is 3.02. The van der Waals surface area contributed by atoms with E-state index in [1.165, 1.54) is 11.3 Å². The van der Waals surface area contributed by atoms with E-state index in [0.717, 1.165) is 4.88 Å². The Bertz CT molecular complexity index is 405. The first-order valence-corrected chi connectivity index (χ1v) is 6.04. The van der Waals surface area contributed by atoms with Crippen molar-refractivity contribution in [2.75, 3.05) is 11.9 Å². The molecular weight excluding hydrogens is 242 g/mol. The van der Waals surface area contributed by atoms with Crippen molar-refractivity contribution >= 4 is 28.5 Å². The van der Waals surface area contributed by atoms with Crippen LogP contribution in [0.4, 0.5) is 9.93 Å². The summed E-state index contributed by atoms with van der Waals surface area (Å²) in [6.45, 7) is 3.77. The van der Waals surface area contributed by atoms with Crippen molar-refractivity contribution in [3.8, 4) is 0 Å². The molecule has 0 saturated carbocycles. The van der Waals surface area contributed by atoms with E-state index >= 15 is 0 Å². The predicted molar refractivity (Wildman–Crippen MR) is 65.3 cm³/mol. The Morgan fingerprint density at radius 3 is 2.76 bits per heavy atom. The average Bonchev–Trinajstić information content (AvgIpc) is 2.64. The zero-order chi connectivity index (χ0) is 12.8. The SMILES string of the molecule is CCC(CNC(=O)Nc1ncc(C)s1)C(=O)O.